The Bertz CT molecular complexity index is 548. The van der Waals surface area contributed by atoms with Gasteiger partial charge < -0.3 is 10.2 Å². The highest BCUT2D eigenvalue weighted by molar-refractivity contribution is 5.63. The first-order valence-corrected chi connectivity index (χ1v) is 7.85. The van der Waals surface area contributed by atoms with Crippen LogP contribution in [0.1, 0.15) is 12.0 Å². The quantitative estimate of drug-likeness (QED) is 0.903. The van der Waals surface area contributed by atoms with Crippen molar-refractivity contribution in [3.8, 4) is 11.1 Å². The van der Waals surface area contributed by atoms with E-state index in [0.717, 1.165) is 19.0 Å². The lowest BCUT2D eigenvalue weighted by Gasteiger charge is -2.12. The molecule has 1 unspecified atom stereocenters. The number of rotatable bonds is 5. The Kier molecular flexibility index (Phi) is 4.69. The molecule has 110 valence electrons. The number of hydrogen-bond acceptors (Lipinski definition) is 2. The summed E-state index contributed by atoms with van der Waals surface area (Å²) in [6, 6.07) is 19.4. The Morgan fingerprint density at radius 2 is 1.71 bits per heavy atom. The number of nitrogens with one attached hydrogen (secondary N) is 1. The van der Waals surface area contributed by atoms with Crippen molar-refractivity contribution >= 4 is 0 Å². The molecule has 0 amide bonds. The number of nitrogens with zero attached hydrogens (tertiary/aromatic N) is 1. The van der Waals surface area contributed by atoms with E-state index in [9.17, 15) is 0 Å². The predicted octanol–water partition coefficient (Wildman–Crippen LogP) is 3.39. The lowest BCUT2D eigenvalue weighted by Crippen LogP contribution is -2.24. The minimum atomic E-state index is 0.818. The van der Waals surface area contributed by atoms with Crippen LogP contribution in [0.15, 0.2) is 54.6 Å². The number of benzene rings is 2. The van der Waals surface area contributed by atoms with Gasteiger partial charge in [-0.2, -0.15) is 0 Å². The normalized spacial score (nSPS) is 19.0. The average molecular weight is 280 g/mol. The minimum absolute atomic E-state index is 0.818. The van der Waals surface area contributed by atoms with E-state index in [1.54, 1.807) is 0 Å². The van der Waals surface area contributed by atoms with Gasteiger partial charge in [0.1, 0.15) is 0 Å². The van der Waals surface area contributed by atoms with E-state index in [1.807, 2.05) is 0 Å². The molecule has 3 rings (SSSR count). The van der Waals surface area contributed by atoms with E-state index in [0.29, 0.717) is 0 Å². The second-order valence-electron chi connectivity index (χ2n) is 6.11. The van der Waals surface area contributed by atoms with Crippen LogP contribution in [-0.2, 0) is 6.54 Å². The Morgan fingerprint density at radius 1 is 1.00 bits per heavy atom. The molecule has 0 aromatic heterocycles. The monoisotopic (exact) mass is 280 g/mol. The molecule has 2 heteroatoms. The van der Waals surface area contributed by atoms with Gasteiger partial charge in [-0.3, -0.25) is 0 Å². The molecule has 0 spiro atoms. The lowest BCUT2D eigenvalue weighted by molar-refractivity contribution is 0.388. The van der Waals surface area contributed by atoms with Crippen molar-refractivity contribution in [2.24, 2.45) is 5.92 Å². The summed E-state index contributed by atoms with van der Waals surface area (Å²) in [6.07, 6.45) is 1.33. The first kappa shape index (κ1) is 14.3. The van der Waals surface area contributed by atoms with Gasteiger partial charge in [0.15, 0.2) is 0 Å². The fourth-order valence-corrected chi connectivity index (χ4v) is 3.06. The zero-order valence-corrected chi connectivity index (χ0v) is 12.8. The van der Waals surface area contributed by atoms with E-state index >= 15 is 0 Å². The molecule has 0 radical (unpaired) electrons. The highest BCUT2D eigenvalue weighted by Gasteiger charge is 2.18. The zero-order chi connectivity index (χ0) is 14.5. The summed E-state index contributed by atoms with van der Waals surface area (Å²) in [5.41, 5.74) is 3.93. The van der Waals surface area contributed by atoms with E-state index < -0.39 is 0 Å². The van der Waals surface area contributed by atoms with Crippen LogP contribution in [0.25, 0.3) is 11.1 Å². The lowest BCUT2D eigenvalue weighted by atomic mass is 10.0. The van der Waals surface area contributed by atoms with Crippen molar-refractivity contribution in [2.45, 2.75) is 13.0 Å². The summed E-state index contributed by atoms with van der Waals surface area (Å²) >= 11 is 0. The molecule has 2 aromatic carbocycles. The van der Waals surface area contributed by atoms with E-state index in [-0.39, 0.29) is 0 Å². The van der Waals surface area contributed by atoms with Gasteiger partial charge in [0.2, 0.25) is 0 Å². The second kappa shape index (κ2) is 6.88. The molecule has 1 N–H and O–H groups in total. The molecule has 1 fully saturated rings. The van der Waals surface area contributed by atoms with Gasteiger partial charge in [0.05, 0.1) is 0 Å². The van der Waals surface area contributed by atoms with Crippen LogP contribution in [0.2, 0.25) is 0 Å². The van der Waals surface area contributed by atoms with Crippen molar-refractivity contribution in [2.75, 3.05) is 26.7 Å². The summed E-state index contributed by atoms with van der Waals surface area (Å²) < 4.78 is 0. The van der Waals surface area contributed by atoms with Crippen molar-refractivity contribution in [1.82, 2.24) is 10.2 Å². The third-order valence-electron chi connectivity index (χ3n) is 4.31. The fourth-order valence-electron chi connectivity index (χ4n) is 3.06. The Morgan fingerprint density at radius 3 is 2.38 bits per heavy atom. The van der Waals surface area contributed by atoms with E-state index in [1.165, 1.54) is 36.2 Å². The van der Waals surface area contributed by atoms with Crippen LogP contribution in [0, 0.1) is 5.92 Å². The van der Waals surface area contributed by atoms with Gasteiger partial charge in [-0.25, -0.2) is 0 Å². The third kappa shape index (κ3) is 3.93. The fraction of sp³-hybridized carbons (Fsp3) is 0.368. The number of hydrogen-bond donors (Lipinski definition) is 1. The molecule has 1 heterocycles. The van der Waals surface area contributed by atoms with E-state index in [2.05, 4.69) is 71.9 Å². The molecular weight excluding hydrogens is 256 g/mol. The SMILES string of the molecule is CN1CCC(CNCc2ccc(-c3ccccc3)cc2)C1. The van der Waals surface area contributed by atoms with Crippen LogP contribution < -0.4 is 5.32 Å². The standard InChI is InChI=1S/C19H24N2/c1-21-12-11-17(15-21)14-20-13-16-7-9-19(10-8-16)18-5-3-2-4-6-18/h2-10,17,20H,11-15H2,1H3. The maximum Gasteiger partial charge on any atom is 0.0205 e. The first-order chi connectivity index (χ1) is 10.3. The highest BCUT2D eigenvalue weighted by atomic mass is 15.1. The summed E-state index contributed by atoms with van der Waals surface area (Å²) in [5.74, 6) is 0.818. The van der Waals surface area contributed by atoms with Crippen LogP contribution in [0.4, 0.5) is 0 Å². The maximum absolute atomic E-state index is 3.60. The number of likely N-dealkylation sites (tertiary alicyclic amines) is 1. The highest BCUT2D eigenvalue weighted by Crippen LogP contribution is 2.19. The molecule has 2 aromatic rings. The topological polar surface area (TPSA) is 15.3 Å². The zero-order valence-electron chi connectivity index (χ0n) is 12.8. The Labute approximate surface area is 127 Å². The van der Waals surface area contributed by atoms with Crippen molar-refractivity contribution in [3.63, 3.8) is 0 Å². The van der Waals surface area contributed by atoms with Crippen LogP contribution in [0.3, 0.4) is 0 Å². The van der Waals surface area contributed by atoms with E-state index in [4.69, 9.17) is 0 Å². The Balaban J connectivity index is 1.51. The molecule has 1 saturated heterocycles. The molecule has 0 aliphatic carbocycles. The molecule has 0 bridgehead atoms. The summed E-state index contributed by atoms with van der Waals surface area (Å²) in [4.78, 5) is 2.42. The molecular formula is C19H24N2. The second-order valence-corrected chi connectivity index (χ2v) is 6.11. The van der Waals surface area contributed by atoms with Crippen molar-refractivity contribution in [1.29, 1.82) is 0 Å². The van der Waals surface area contributed by atoms with Crippen molar-refractivity contribution in [3.05, 3.63) is 60.2 Å². The van der Waals surface area contributed by atoms with Crippen LogP contribution >= 0.6 is 0 Å². The predicted molar refractivity (Wildman–Crippen MR) is 89.2 cm³/mol. The smallest absolute Gasteiger partial charge is 0.0205 e. The average Bonchev–Trinajstić information content (AvgIpc) is 2.94. The summed E-state index contributed by atoms with van der Waals surface area (Å²) in [5, 5.41) is 3.60. The van der Waals surface area contributed by atoms with Gasteiger partial charge in [-0.1, -0.05) is 54.6 Å². The largest absolute Gasteiger partial charge is 0.312 e. The molecule has 2 nitrogen and oxygen atoms in total. The van der Waals surface area contributed by atoms with Crippen LogP contribution in [-0.4, -0.2) is 31.6 Å². The van der Waals surface area contributed by atoms with Gasteiger partial charge in [-0.15, -0.1) is 0 Å². The Hall–Kier alpha value is -1.64. The minimum Gasteiger partial charge on any atom is -0.312 e. The first-order valence-electron chi connectivity index (χ1n) is 7.85. The molecule has 21 heavy (non-hydrogen) atoms. The molecule has 1 aliphatic rings. The molecule has 1 atom stereocenters. The molecule has 0 saturated carbocycles. The third-order valence-corrected chi connectivity index (χ3v) is 4.31. The molecule has 1 aliphatic heterocycles. The van der Waals surface area contributed by atoms with Gasteiger partial charge >= 0.3 is 0 Å². The van der Waals surface area contributed by atoms with Gasteiger partial charge in [-0.05, 0) is 49.2 Å². The van der Waals surface area contributed by atoms with Gasteiger partial charge in [0, 0.05) is 13.1 Å². The summed E-state index contributed by atoms with van der Waals surface area (Å²) in [7, 11) is 2.21. The maximum atomic E-state index is 3.60. The van der Waals surface area contributed by atoms with Crippen LogP contribution in [0.5, 0.6) is 0 Å². The summed E-state index contributed by atoms with van der Waals surface area (Å²) in [6.45, 7) is 4.58. The van der Waals surface area contributed by atoms with Gasteiger partial charge in [0.25, 0.3) is 0 Å². The van der Waals surface area contributed by atoms with Crippen molar-refractivity contribution < 1.29 is 0 Å².